The summed E-state index contributed by atoms with van der Waals surface area (Å²) in [4.78, 5) is 11.7. The van der Waals surface area contributed by atoms with Gasteiger partial charge in [0.1, 0.15) is 11.6 Å². The molecule has 2 aromatic rings. The van der Waals surface area contributed by atoms with E-state index in [1.165, 1.54) is 12.1 Å². The van der Waals surface area contributed by atoms with Crippen molar-refractivity contribution >= 4 is 23.3 Å². The van der Waals surface area contributed by atoms with Crippen LogP contribution >= 0.6 is 11.6 Å². The fourth-order valence-electron chi connectivity index (χ4n) is 1.26. The second-order valence-corrected chi connectivity index (χ2v) is 3.74. The van der Waals surface area contributed by atoms with Gasteiger partial charge in [-0.3, -0.25) is 4.79 Å². The normalized spacial score (nSPS) is 10.2. The van der Waals surface area contributed by atoms with Crippen molar-refractivity contribution in [2.24, 2.45) is 0 Å². The van der Waals surface area contributed by atoms with E-state index in [4.69, 9.17) is 11.6 Å². The van der Waals surface area contributed by atoms with Crippen LogP contribution in [-0.4, -0.2) is 16.1 Å². The van der Waals surface area contributed by atoms with Crippen molar-refractivity contribution < 1.29 is 13.6 Å². The summed E-state index contributed by atoms with van der Waals surface area (Å²) in [5.41, 5.74) is -0.149. The third-order valence-electron chi connectivity index (χ3n) is 2.00. The summed E-state index contributed by atoms with van der Waals surface area (Å²) < 4.78 is 25.8. The largest absolute Gasteiger partial charge is 0.305 e. The first-order chi connectivity index (χ1) is 8.54. The van der Waals surface area contributed by atoms with Crippen molar-refractivity contribution in [2.45, 2.75) is 0 Å². The molecule has 0 spiro atoms. The van der Waals surface area contributed by atoms with Crippen LogP contribution in [0.3, 0.4) is 0 Å². The summed E-state index contributed by atoms with van der Waals surface area (Å²) >= 11 is 5.52. The molecule has 1 amide bonds. The zero-order valence-electron chi connectivity index (χ0n) is 8.82. The van der Waals surface area contributed by atoms with Gasteiger partial charge in [-0.25, -0.2) is 8.78 Å². The third-order valence-corrected chi connectivity index (χ3v) is 2.20. The minimum absolute atomic E-state index is 0.133. The lowest BCUT2D eigenvalue weighted by atomic mass is 10.2. The molecule has 2 rings (SSSR count). The van der Waals surface area contributed by atoms with Crippen molar-refractivity contribution in [3.63, 3.8) is 0 Å². The zero-order chi connectivity index (χ0) is 13.1. The molecule has 0 aliphatic rings. The molecule has 0 atom stereocenters. The molecule has 4 nitrogen and oxygen atoms in total. The number of nitrogens with zero attached hydrogens (tertiary/aromatic N) is 2. The van der Waals surface area contributed by atoms with E-state index < -0.39 is 17.5 Å². The van der Waals surface area contributed by atoms with E-state index in [1.54, 1.807) is 0 Å². The fraction of sp³-hybridized carbons (Fsp3) is 0. The van der Waals surface area contributed by atoms with Crippen molar-refractivity contribution in [1.82, 2.24) is 10.2 Å². The van der Waals surface area contributed by atoms with Crippen LogP contribution in [0, 0.1) is 11.6 Å². The smallest absolute Gasteiger partial charge is 0.257 e. The van der Waals surface area contributed by atoms with Gasteiger partial charge in [-0.2, -0.15) is 0 Å². The van der Waals surface area contributed by atoms with Gasteiger partial charge in [0.25, 0.3) is 5.91 Å². The molecule has 7 heteroatoms. The predicted octanol–water partition coefficient (Wildman–Crippen LogP) is 2.66. The first kappa shape index (κ1) is 12.4. The van der Waals surface area contributed by atoms with Crippen LogP contribution in [-0.2, 0) is 0 Å². The number of hydrogen-bond acceptors (Lipinski definition) is 3. The van der Waals surface area contributed by atoms with Gasteiger partial charge < -0.3 is 5.32 Å². The van der Waals surface area contributed by atoms with Crippen LogP contribution in [0.2, 0.25) is 5.15 Å². The number of aromatic nitrogens is 2. The highest BCUT2D eigenvalue weighted by molar-refractivity contribution is 6.29. The SMILES string of the molecule is O=C(Nc1ccc(Cl)nn1)c1cc(F)cc(F)c1. The number of halogens is 3. The highest BCUT2D eigenvalue weighted by Crippen LogP contribution is 2.11. The maximum atomic E-state index is 12.9. The number of nitrogens with one attached hydrogen (secondary N) is 1. The summed E-state index contributed by atoms with van der Waals surface area (Å²) in [5, 5.41) is 9.61. The Morgan fingerprint density at radius 2 is 1.78 bits per heavy atom. The summed E-state index contributed by atoms with van der Waals surface area (Å²) in [7, 11) is 0. The molecule has 0 radical (unpaired) electrons. The monoisotopic (exact) mass is 269 g/mol. The molecule has 0 fully saturated rings. The Bertz CT molecular complexity index is 569. The number of rotatable bonds is 2. The van der Waals surface area contributed by atoms with Gasteiger partial charge >= 0.3 is 0 Å². The Morgan fingerprint density at radius 1 is 1.11 bits per heavy atom. The summed E-state index contributed by atoms with van der Waals surface area (Å²) in [6.45, 7) is 0. The lowest BCUT2D eigenvalue weighted by Crippen LogP contribution is -2.13. The Labute approximate surface area is 106 Å². The number of hydrogen-bond donors (Lipinski definition) is 1. The number of anilines is 1. The number of benzene rings is 1. The van der Waals surface area contributed by atoms with Gasteiger partial charge in [-0.05, 0) is 24.3 Å². The first-order valence-electron chi connectivity index (χ1n) is 4.81. The summed E-state index contributed by atoms with van der Waals surface area (Å²) in [5.74, 6) is -2.22. The Kier molecular flexibility index (Phi) is 3.47. The van der Waals surface area contributed by atoms with Gasteiger partial charge in [-0.15, -0.1) is 10.2 Å². The Balaban J connectivity index is 2.19. The quantitative estimate of drug-likeness (QED) is 0.912. The van der Waals surface area contributed by atoms with E-state index in [0.717, 1.165) is 12.1 Å². The average molecular weight is 270 g/mol. The molecule has 18 heavy (non-hydrogen) atoms. The van der Waals surface area contributed by atoms with Crippen molar-refractivity contribution in [3.05, 3.63) is 52.7 Å². The van der Waals surface area contributed by atoms with Crippen LogP contribution in [0.4, 0.5) is 14.6 Å². The van der Waals surface area contributed by atoms with Crippen LogP contribution in [0.15, 0.2) is 30.3 Å². The van der Waals surface area contributed by atoms with Gasteiger partial charge in [-0.1, -0.05) is 11.6 Å². The first-order valence-corrected chi connectivity index (χ1v) is 5.19. The van der Waals surface area contributed by atoms with Crippen molar-refractivity contribution in [2.75, 3.05) is 5.32 Å². The molecule has 0 bridgehead atoms. The number of carbonyl (C=O) groups is 1. The highest BCUT2D eigenvalue weighted by Gasteiger charge is 2.10. The fourth-order valence-corrected chi connectivity index (χ4v) is 1.36. The number of carbonyl (C=O) groups excluding carboxylic acids is 1. The average Bonchev–Trinajstić information content (AvgIpc) is 2.31. The maximum Gasteiger partial charge on any atom is 0.257 e. The van der Waals surface area contributed by atoms with Crippen LogP contribution in [0.25, 0.3) is 0 Å². The van der Waals surface area contributed by atoms with Gasteiger partial charge in [0.05, 0.1) is 0 Å². The molecule has 1 N–H and O–H groups in total. The Morgan fingerprint density at radius 3 is 2.33 bits per heavy atom. The summed E-state index contributed by atoms with van der Waals surface area (Å²) in [6, 6.07) is 5.36. The molecule has 0 aliphatic heterocycles. The van der Waals surface area contributed by atoms with Gasteiger partial charge in [0.2, 0.25) is 0 Å². The molecular weight excluding hydrogens is 264 g/mol. The molecule has 0 saturated heterocycles. The minimum atomic E-state index is -0.831. The van der Waals surface area contributed by atoms with Crippen LogP contribution in [0.5, 0.6) is 0 Å². The second-order valence-electron chi connectivity index (χ2n) is 3.35. The van der Waals surface area contributed by atoms with Crippen LogP contribution in [0.1, 0.15) is 10.4 Å². The number of amides is 1. The van der Waals surface area contributed by atoms with Crippen LogP contribution < -0.4 is 5.32 Å². The highest BCUT2D eigenvalue weighted by atomic mass is 35.5. The minimum Gasteiger partial charge on any atom is -0.305 e. The topological polar surface area (TPSA) is 54.9 Å². The van der Waals surface area contributed by atoms with Crippen molar-refractivity contribution in [3.8, 4) is 0 Å². The zero-order valence-corrected chi connectivity index (χ0v) is 9.58. The van der Waals surface area contributed by atoms with Gasteiger partial charge in [0.15, 0.2) is 11.0 Å². The molecule has 0 unspecified atom stereocenters. The van der Waals surface area contributed by atoms with E-state index in [2.05, 4.69) is 15.5 Å². The lowest BCUT2D eigenvalue weighted by molar-refractivity contribution is 0.102. The van der Waals surface area contributed by atoms with E-state index in [0.29, 0.717) is 6.07 Å². The predicted molar refractivity (Wildman–Crippen MR) is 61.4 cm³/mol. The van der Waals surface area contributed by atoms with E-state index in [1.807, 2.05) is 0 Å². The third kappa shape index (κ3) is 2.98. The molecule has 1 aromatic carbocycles. The Hall–Kier alpha value is -2.08. The molecule has 0 saturated carbocycles. The standard InChI is InChI=1S/C11H6ClF2N3O/c12-9-1-2-10(17-16-9)15-11(18)6-3-7(13)5-8(14)4-6/h1-5H,(H,15,17,18). The van der Waals surface area contributed by atoms with E-state index in [-0.39, 0.29) is 16.5 Å². The van der Waals surface area contributed by atoms with E-state index in [9.17, 15) is 13.6 Å². The van der Waals surface area contributed by atoms with Gasteiger partial charge in [0, 0.05) is 11.6 Å². The molecule has 0 aliphatic carbocycles. The van der Waals surface area contributed by atoms with E-state index >= 15 is 0 Å². The maximum absolute atomic E-state index is 12.9. The molecule has 1 heterocycles. The molecule has 92 valence electrons. The lowest BCUT2D eigenvalue weighted by Gasteiger charge is -2.04. The molecule has 1 aromatic heterocycles. The summed E-state index contributed by atoms with van der Waals surface area (Å²) in [6.07, 6.45) is 0. The van der Waals surface area contributed by atoms with Crippen molar-refractivity contribution in [1.29, 1.82) is 0 Å². The second kappa shape index (κ2) is 5.05. The molecular formula is C11H6ClF2N3O.